The molecule has 0 aliphatic heterocycles. The van der Waals surface area contributed by atoms with E-state index in [1.165, 1.54) is 12.1 Å². The zero-order valence-corrected chi connectivity index (χ0v) is 10.6. The number of amides is 1. The van der Waals surface area contributed by atoms with Gasteiger partial charge in [0, 0.05) is 18.5 Å². The van der Waals surface area contributed by atoms with Gasteiger partial charge in [-0.05, 0) is 24.1 Å². The Labute approximate surface area is 110 Å². The molecule has 1 amide bonds. The van der Waals surface area contributed by atoms with Gasteiger partial charge in [0.05, 0.1) is 5.69 Å². The normalized spacial score (nSPS) is 11.9. The van der Waals surface area contributed by atoms with Gasteiger partial charge in [-0.15, -0.1) is 0 Å². The Morgan fingerprint density at radius 1 is 1.47 bits per heavy atom. The molecule has 1 aromatic carbocycles. The molecule has 0 heterocycles. The first-order valence-corrected chi connectivity index (χ1v) is 5.99. The van der Waals surface area contributed by atoms with E-state index < -0.39 is 17.7 Å². The Morgan fingerprint density at radius 3 is 2.68 bits per heavy atom. The predicted octanol–water partition coefficient (Wildman–Crippen LogP) is 1.64. The molecule has 0 fully saturated rings. The summed E-state index contributed by atoms with van der Waals surface area (Å²) in [6.07, 6.45) is 0.634. The number of carboxylic acids is 1. The van der Waals surface area contributed by atoms with Crippen molar-refractivity contribution in [1.29, 1.82) is 0 Å². The average molecular weight is 268 g/mol. The molecule has 0 saturated heterocycles. The summed E-state index contributed by atoms with van der Waals surface area (Å²) in [5.74, 6) is -2.13. The number of nitrogens with two attached hydrogens (primary N) is 1. The van der Waals surface area contributed by atoms with Crippen molar-refractivity contribution >= 4 is 17.6 Å². The second kappa shape index (κ2) is 6.72. The summed E-state index contributed by atoms with van der Waals surface area (Å²) in [6.45, 7) is 2.09. The van der Waals surface area contributed by atoms with Crippen LogP contribution in [0.3, 0.4) is 0 Å². The first kappa shape index (κ1) is 14.9. The van der Waals surface area contributed by atoms with Gasteiger partial charge in [0.25, 0.3) is 5.91 Å². The van der Waals surface area contributed by atoms with Gasteiger partial charge >= 0.3 is 5.97 Å². The van der Waals surface area contributed by atoms with Crippen molar-refractivity contribution in [3.63, 3.8) is 0 Å². The van der Waals surface area contributed by atoms with Crippen molar-refractivity contribution in [2.24, 2.45) is 5.92 Å². The monoisotopic (exact) mass is 268 g/mol. The topological polar surface area (TPSA) is 92.4 Å². The Kier molecular flexibility index (Phi) is 5.29. The second-order valence-electron chi connectivity index (χ2n) is 4.32. The molecule has 1 rings (SSSR count). The summed E-state index contributed by atoms with van der Waals surface area (Å²) in [7, 11) is 0. The Hall–Kier alpha value is -2.11. The molecule has 0 aliphatic rings. The van der Waals surface area contributed by atoms with E-state index in [1.54, 1.807) is 0 Å². The minimum Gasteiger partial charge on any atom is -0.481 e. The standard InChI is InChI=1S/C13H17FN2O3/c1-2-8(5-12(17)18)7-16-13(19)9-3-4-11(15)10(14)6-9/h3-4,6,8H,2,5,7,15H2,1H3,(H,16,19)(H,17,18). The largest absolute Gasteiger partial charge is 0.481 e. The highest BCUT2D eigenvalue weighted by molar-refractivity contribution is 5.94. The number of rotatable bonds is 6. The number of nitrogen functional groups attached to an aromatic ring is 1. The third kappa shape index (κ3) is 4.57. The van der Waals surface area contributed by atoms with Gasteiger partial charge < -0.3 is 16.2 Å². The van der Waals surface area contributed by atoms with E-state index in [-0.39, 0.29) is 30.1 Å². The van der Waals surface area contributed by atoms with Gasteiger partial charge in [-0.3, -0.25) is 9.59 Å². The van der Waals surface area contributed by atoms with Gasteiger partial charge in [0.15, 0.2) is 0 Å². The van der Waals surface area contributed by atoms with E-state index in [1.807, 2.05) is 6.92 Å². The van der Waals surface area contributed by atoms with Crippen LogP contribution in [-0.2, 0) is 4.79 Å². The molecule has 1 atom stereocenters. The maximum absolute atomic E-state index is 13.2. The van der Waals surface area contributed by atoms with Crippen LogP contribution in [0.15, 0.2) is 18.2 Å². The van der Waals surface area contributed by atoms with Crippen molar-refractivity contribution in [1.82, 2.24) is 5.32 Å². The van der Waals surface area contributed by atoms with Crippen molar-refractivity contribution in [3.05, 3.63) is 29.6 Å². The molecular formula is C13H17FN2O3. The van der Waals surface area contributed by atoms with E-state index in [2.05, 4.69) is 5.32 Å². The quantitative estimate of drug-likeness (QED) is 0.684. The summed E-state index contributed by atoms with van der Waals surface area (Å²) in [4.78, 5) is 22.3. The molecule has 0 spiro atoms. The summed E-state index contributed by atoms with van der Waals surface area (Å²) in [6, 6.07) is 3.80. The molecule has 5 nitrogen and oxygen atoms in total. The Morgan fingerprint density at radius 2 is 2.16 bits per heavy atom. The number of hydrogen-bond acceptors (Lipinski definition) is 3. The molecule has 0 aliphatic carbocycles. The first-order valence-electron chi connectivity index (χ1n) is 5.99. The van der Waals surface area contributed by atoms with Crippen molar-refractivity contribution in [3.8, 4) is 0 Å². The van der Waals surface area contributed by atoms with Gasteiger partial charge in [0.2, 0.25) is 0 Å². The third-order valence-corrected chi connectivity index (χ3v) is 2.85. The van der Waals surface area contributed by atoms with Crippen LogP contribution in [0.5, 0.6) is 0 Å². The molecule has 6 heteroatoms. The smallest absolute Gasteiger partial charge is 0.303 e. The van der Waals surface area contributed by atoms with Gasteiger partial charge in [-0.25, -0.2) is 4.39 Å². The summed E-state index contributed by atoms with van der Waals surface area (Å²) >= 11 is 0. The van der Waals surface area contributed by atoms with Crippen LogP contribution in [-0.4, -0.2) is 23.5 Å². The molecule has 0 bridgehead atoms. The predicted molar refractivity (Wildman–Crippen MR) is 69.2 cm³/mol. The van der Waals surface area contributed by atoms with Gasteiger partial charge in [-0.2, -0.15) is 0 Å². The highest BCUT2D eigenvalue weighted by atomic mass is 19.1. The van der Waals surface area contributed by atoms with Crippen LogP contribution in [0.1, 0.15) is 30.1 Å². The van der Waals surface area contributed by atoms with Gasteiger partial charge in [-0.1, -0.05) is 13.3 Å². The highest BCUT2D eigenvalue weighted by Gasteiger charge is 2.14. The van der Waals surface area contributed by atoms with E-state index in [0.29, 0.717) is 6.42 Å². The molecule has 0 saturated carbocycles. The van der Waals surface area contributed by atoms with Crippen molar-refractivity contribution in [2.75, 3.05) is 12.3 Å². The number of carbonyl (C=O) groups is 2. The van der Waals surface area contributed by atoms with Crippen LogP contribution in [0, 0.1) is 11.7 Å². The lowest BCUT2D eigenvalue weighted by molar-refractivity contribution is -0.138. The Balaban J connectivity index is 2.59. The maximum atomic E-state index is 13.2. The van der Waals surface area contributed by atoms with E-state index >= 15 is 0 Å². The van der Waals surface area contributed by atoms with Crippen LogP contribution >= 0.6 is 0 Å². The summed E-state index contributed by atoms with van der Waals surface area (Å²) in [5, 5.41) is 11.3. The highest BCUT2D eigenvalue weighted by Crippen LogP contribution is 2.12. The fourth-order valence-corrected chi connectivity index (χ4v) is 1.62. The van der Waals surface area contributed by atoms with Crippen molar-refractivity contribution in [2.45, 2.75) is 19.8 Å². The summed E-state index contributed by atoms with van der Waals surface area (Å²) < 4.78 is 13.2. The van der Waals surface area contributed by atoms with Crippen LogP contribution in [0.4, 0.5) is 10.1 Å². The van der Waals surface area contributed by atoms with Gasteiger partial charge in [0.1, 0.15) is 5.82 Å². The third-order valence-electron chi connectivity index (χ3n) is 2.85. The SMILES string of the molecule is CCC(CNC(=O)c1ccc(N)c(F)c1)CC(=O)O. The molecule has 19 heavy (non-hydrogen) atoms. The minimum absolute atomic E-state index is 0.00706. The fourth-order valence-electron chi connectivity index (χ4n) is 1.62. The number of nitrogens with one attached hydrogen (secondary N) is 1. The van der Waals surface area contributed by atoms with Crippen LogP contribution in [0.2, 0.25) is 0 Å². The summed E-state index contributed by atoms with van der Waals surface area (Å²) in [5.41, 5.74) is 5.46. The average Bonchev–Trinajstić information content (AvgIpc) is 2.36. The molecule has 1 aromatic rings. The Bertz CT molecular complexity index is 477. The molecule has 0 radical (unpaired) electrons. The first-order chi connectivity index (χ1) is 8.93. The molecule has 1 unspecified atom stereocenters. The maximum Gasteiger partial charge on any atom is 0.303 e. The number of carbonyl (C=O) groups excluding carboxylic acids is 1. The van der Waals surface area contributed by atoms with Crippen molar-refractivity contribution < 1.29 is 19.1 Å². The van der Waals surface area contributed by atoms with E-state index in [4.69, 9.17) is 10.8 Å². The van der Waals surface area contributed by atoms with Crippen LogP contribution in [0.25, 0.3) is 0 Å². The number of benzene rings is 1. The van der Waals surface area contributed by atoms with E-state index in [9.17, 15) is 14.0 Å². The second-order valence-corrected chi connectivity index (χ2v) is 4.32. The lowest BCUT2D eigenvalue weighted by atomic mass is 10.0. The lowest BCUT2D eigenvalue weighted by Gasteiger charge is -2.13. The molecule has 104 valence electrons. The zero-order chi connectivity index (χ0) is 14.4. The number of aliphatic carboxylic acids is 1. The molecule has 0 aromatic heterocycles. The number of carboxylic acid groups (broad SMARTS) is 1. The number of hydrogen-bond donors (Lipinski definition) is 3. The molecule has 4 N–H and O–H groups in total. The number of anilines is 1. The number of halogens is 1. The zero-order valence-electron chi connectivity index (χ0n) is 10.6. The lowest BCUT2D eigenvalue weighted by Crippen LogP contribution is -2.30. The minimum atomic E-state index is -0.903. The molecular weight excluding hydrogens is 251 g/mol. The van der Waals surface area contributed by atoms with Crippen LogP contribution < -0.4 is 11.1 Å². The fraction of sp³-hybridized carbons (Fsp3) is 0.385. The van der Waals surface area contributed by atoms with E-state index in [0.717, 1.165) is 6.07 Å².